The van der Waals surface area contributed by atoms with Crippen LogP contribution in [0.5, 0.6) is 0 Å². The molecule has 0 saturated carbocycles. The van der Waals surface area contributed by atoms with E-state index in [0.717, 1.165) is 21.1 Å². The minimum atomic E-state index is 0.770. The summed E-state index contributed by atoms with van der Waals surface area (Å²) in [5, 5.41) is 0. The smallest absolute Gasteiger partial charge is 0.113 e. The largest absolute Gasteiger partial charge is 0.248 e. The molecule has 2 nitrogen and oxygen atoms in total. The lowest BCUT2D eigenvalue weighted by molar-refractivity contribution is 1.29. The molecular weight excluding hydrogens is 276 g/mol. The summed E-state index contributed by atoms with van der Waals surface area (Å²) in [6.07, 6.45) is 3.48. The van der Waals surface area contributed by atoms with Crippen molar-refractivity contribution in [2.45, 2.75) is 0 Å². The Bertz CT molecular complexity index is 772. The first kappa shape index (κ1) is 13.1. The number of aromatic nitrogens is 2. The maximum Gasteiger partial charge on any atom is 0.113 e. The van der Waals surface area contributed by atoms with E-state index < -0.39 is 0 Å². The van der Waals surface area contributed by atoms with Crippen molar-refractivity contribution >= 4 is 11.3 Å². The topological polar surface area (TPSA) is 25.8 Å². The second-order valence-electron chi connectivity index (χ2n) is 4.09. The zero-order valence-electron chi connectivity index (χ0n) is 11.1. The lowest BCUT2D eigenvalue weighted by atomic mass is 10.3. The average Bonchev–Trinajstić information content (AvgIpc) is 3.01. The molecule has 0 aliphatic carbocycles. The predicted molar refractivity (Wildman–Crippen MR) is 84.8 cm³/mol. The van der Waals surface area contributed by atoms with Crippen LogP contribution in [0.1, 0.15) is 21.1 Å². The van der Waals surface area contributed by atoms with E-state index in [0.29, 0.717) is 0 Å². The van der Waals surface area contributed by atoms with Crippen LogP contribution in [0.15, 0.2) is 60.9 Å². The number of rotatable bonds is 0. The fourth-order valence-electron chi connectivity index (χ4n) is 1.60. The monoisotopic (exact) mass is 286 g/mol. The first-order valence-corrected chi connectivity index (χ1v) is 7.18. The fourth-order valence-corrected chi connectivity index (χ4v) is 2.31. The molecule has 0 aliphatic rings. The van der Waals surface area contributed by atoms with Crippen LogP contribution in [0.2, 0.25) is 0 Å². The summed E-state index contributed by atoms with van der Waals surface area (Å²) in [6, 6.07) is 15.3. The van der Waals surface area contributed by atoms with Gasteiger partial charge in [0.2, 0.25) is 0 Å². The van der Waals surface area contributed by atoms with E-state index in [1.807, 2.05) is 48.5 Å². The third-order valence-electron chi connectivity index (χ3n) is 2.56. The quantitative estimate of drug-likeness (QED) is 0.592. The van der Waals surface area contributed by atoms with Crippen LogP contribution in [0.3, 0.4) is 0 Å². The molecule has 0 fully saturated rings. The summed E-state index contributed by atoms with van der Waals surface area (Å²) in [6.45, 7) is 0. The molecule has 0 radical (unpaired) electrons. The van der Waals surface area contributed by atoms with Crippen LogP contribution in [-0.4, -0.2) is 9.97 Å². The van der Waals surface area contributed by atoms with Gasteiger partial charge in [-0.1, -0.05) is 12.1 Å². The molecule has 21 heavy (non-hydrogen) atoms. The summed E-state index contributed by atoms with van der Waals surface area (Å²) in [4.78, 5) is 10.3. The van der Waals surface area contributed by atoms with Gasteiger partial charge >= 0.3 is 0 Å². The summed E-state index contributed by atoms with van der Waals surface area (Å²) in [5.41, 5.74) is 1.54. The first-order chi connectivity index (χ1) is 10.4. The Morgan fingerprint density at radius 1 is 0.619 bits per heavy atom. The normalized spacial score (nSPS) is 9.14. The van der Waals surface area contributed by atoms with Crippen molar-refractivity contribution < 1.29 is 0 Å². The van der Waals surface area contributed by atoms with Crippen LogP contribution >= 0.6 is 11.3 Å². The van der Waals surface area contributed by atoms with E-state index in [1.165, 1.54) is 0 Å². The van der Waals surface area contributed by atoms with Gasteiger partial charge < -0.3 is 0 Å². The van der Waals surface area contributed by atoms with Gasteiger partial charge in [0.05, 0.1) is 9.75 Å². The van der Waals surface area contributed by atoms with Gasteiger partial charge in [0.25, 0.3) is 0 Å². The van der Waals surface area contributed by atoms with Gasteiger partial charge in [-0.05, 0) is 60.1 Å². The molecule has 0 unspecified atom stereocenters. The number of thiophene rings is 1. The molecule has 3 rings (SSSR count). The van der Waals surface area contributed by atoms with Gasteiger partial charge in [-0.3, -0.25) is 0 Å². The van der Waals surface area contributed by atoms with E-state index in [-0.39, 0.29) is 0 Å². The Balaban J connectivity index is 1.76. The SMILES string of the molecule is C(#Cc1ccc(C#Cc2ccccn2)s1)c1ccccn1. The minimum Gasteiger partial charge on any atom is -0.248 e. The lowest BCUT2D eigenvalue weighted by Crippen LogP contribution is -1.77. The van der Waals surface area contributed by atoms with Gasteiger partial charge in [0, 0.05) is 12.4 Å². The Morgan fingerprint density at radius 2 is 1.14 bits per heavy atom. The second-order valence-corrected chi connectivity index (χ2v) is 5.18. The molecule has 0 N–H and O–H groups in total. The number of hydrogen-bond donors (Lipinski definition) is 0. The van der Waals surface area contributed by atoms with Crippen molar-refractivity contribution in [1.82, 2.24) is 9.97 Å². The first-order valence-electron chi connectivity index (χ1n) is 6.36. The van der Waals surface area contributed by atoms with Crippen molar-refractivity contribution in [2.24, 2.45) is 0 Å². The van der Waals surface area contributed by atoms with E-state index in [9.17, 15) is 0 Å². The van der Waals surface area contributed by atoms with Crippen molar-refractivity contribution in [2.75, 3.05) is 0 Å². The summed E-state index contributed by atoms with van der Waals surface area (Å²) < 4.78 is 0. The Labute approximate surface area is 127 Å². The van der Waals surface area contributed by atoms with Crippen molar-refractivity contribution in [1.29, 1.82) is 0 Å². The number of pyridine rings is 2. The summed E-state index contributed by atoms with van der Waals surface area (Å²) in [5.74, 6) is 12.3. The van der Waals surface area contributed by atoms with Crippen molar-refractivity contribution in [3.05, 3.63) is 82.1 Å². The van der Waals surface area contributed by atoms with Crippen LogP contribution < -0.4 is 0 Å². The van der Waals surface area contributed by atoms with Crippen LogP contribution in [-0.2, 0) is 0 Å². The molecule has 0 spiro atoms. The maximum atomic E-state index is 4.17. The van der Waals surface area contributed by atoms with E-state index >= 15 is 0 Å². The zero-order chi connectivity index (χ0) is 14.3. The van der Waals surface area contributed by atoms with Crippen LogP contribution in [0, 0.1) is 23.7 Å². The second kappa shape index (κ2) is 6.52. The third kappa shape index (κ3) is 3.79. The van der Waals surface area contributed by atoms with E-state index in [1.54, 1.807) is 23.7 Å². The van der Waals surface area contributed by atoms with E-state index in [4.69, 9.17) is 0 Å². The molecule has 0 saturated heterocycles. The standard InChI is InChI=1S/C18H10N2S/c1-3-13-19-15(5-1)7-9-17-11-12-18(21-17)10-8-16-6-2-4-14-20-16/h1-6,11-14H. The maximum absolute atomic E-state index is 4.17. The number of hydrogen-bond acceptors (Lipinski definition) is 3. The summed E-state index contributed by atoms with van der Waals surface area (Å²) >= 11 is 1.57. The Kier molecular flexibility index (Phi) is 4.07. The van der Waals surface area contributed by atoms with Crippen molar-refractivity contribution in [3.63, 3.8) is 0 Å². The lowest BCUT2D eigenvalue weighted by Gasteiger charge is -1.85. The predicted octanol–water partition coefficient (Wildman–Crippen LogP) is 3.34. The van der Waals surface area contributed by atoms with Gasteiger partial charge in [0.15, 0.2) is 0 Å². The van der Waals surface area contributed by atoms with Gasteiger partial charge in [-0.2, -0.15) is 0 Å². The highest BCUT2D eigenvalue weighted by atomic mass is 32.1. The minimum absolute atomic E-state index is 0.770. The highest BCUT2D eigenvalue weighted by molar-refractivity contribution is 7.13. The molecule has 0 atom stereocenters. The molecule has 98 valence electrons. The molecular formula is C18H10N2S. The zero-order valence-corrected chi connectivity index (χ0v) is 11.9. The van der Waals surface area contributed by atoms with Gasteiger partial charge in [-0.25, -0.2) is 9.97 Å². The molecule has 0 bridgehead atoms. The van der Waals surface area contributed by atoms with Crippen molar-refractivity contribution in [3.8, 4) is 23.7 Å². The number of nitrogens with zero attached hydrogens (tertiary/aromatic N) is 2. The summed E-state index contributed by atoms with van der Waals surface area (Å²) in [7, 11) is 0. The Morgan fingerprint density at radius 3 is 1.57 bits per heavy atom. The van der Waals surface area contributed by atoms with Gasteiger partial charge in [0.1, 0.15) is 11.4 Å². The van der Waals surface area contributed by atoms with E-state index in [2.05, 4.69) is 33.6 Å². The third-order valence-corrected chi connectivity index (χ3v) is 3.48. The molecule has 0 amide bonds. The molecule has 3 heterocycles. The average molecular weight is 286 g/mol. The highest BCUT2D eigenvalue weighted by Crippen LogP contribution is 2.14. The molecule has 0 aliphatic heterocycles. The van der Waals surface area contributed by atoms with Gasteiger partial charge in [-0.15, -0.1) is 11.3 Å². The Hall–Kier alpha value is -2.88. The molecule has 0 aromatic carbocycles. The molecule has 3 aromatic rings. The van der Waals surface area contributed by atoms with Crippen LogP contribution in [0.4, 0.5) is 0 Å². The molecule has 3 aromatic heterocycles. The molecule has 3 heteroatoms. The highest BCUT2D eigenvalue weighted by Gasteiger charge is 1.94. The van der Waals surface area contributed by atoms with Crippen LogP contribution in [0.25, 0.3) is 0 Å². The fraction of sp³-hybridized carbons (Fsp3) is 0.